The fourth-order valence-corrected chi connectivity index (χ4v) is 2.44. The quantitative estimate of drug-likeness (QED) is 0.825. The molecule has 1 aliphatic rings. The van der Waals surface area contributed by atoms with Crippen LogP contribution in [0.2, 0.25) is 0 Å². The monoisotopic (exact) mass is 307 g/mol. The molecule has 0 atom stereocenters. The number of halogens is 3. The second-order valence-corrected chi connectivity index (χ2v) is 5.06. The lowest BCUT2D eigenvalue weighted by molar-refractivity contribution is -0.141. The molecule has 0 spiro atoms. The van der Waals surface area contributed by atoms with Gasteiger partial charge in [0.1, 0.15) is 11.4 Å². The summed E-state index contributed by atoms with van der Waals surface area (Å²) in [6, 6.07) is 8.41. The fourth-order valence-electron chi connectivity index (χ4n) is 2.44. The number of rotatable bonds is 2. The molecule has 0 radical (unpaired) electrons. The van der Waals surface area contributed by atoms with Gasteiger partial charge in [0.15, 0.2) is 5.78 Å². The van der Waals surface area contributed by atoms with Crippen molar-refractivity contribution in [3.8, 4) is 11.6 Å². The molecule has 0 saturated carbocycles. The lowest BCUT2D eigenvalue weighted by Crippen LogP contribution is -2.10. The summed E-state index contributed by atoms with van der Waals surface area (Å²) >= 11 is 0. The molecule has 3 rings (SSSR count). The molecule has 0 unspecified atom stereocenters. The summed E-state index contributed by atoms with van der Waals surface area (Å²) in [7, 11) is 0. The number of carbonyl (C=O) groups is 1. The number of benzene rings is 1. The van der Waals surface area contributed by atoms with E-state index in [1.807, 2.05) is 0 Å². The van der Waals surface area contributed by atoms with Crippen LogP contribution in [0.4, 0.5) is 13.2 Å². The molecule has 0 N–H and O–H groups in total. The van der Waals surface area contributed by atoms with E-state index in [1.165, 1.54) is 12.1 Å². The molecule has 0 aliphatic heterocycles. The second-order valence-electron chi connectivity index (χ2n) is 5.06. The maximum Gasteiger partial charge on any atom is 0.433 e. The van der Waals surface area contributed by atoms with Gasteiger partial charge in [-0.05, 0) is 42.7 Å². The van der Waals surface area contributed by atoms with E-state index < -0.39 is 11.9 Å². The predicted octanol–water partition coefficient (Wildman–Crippen LogP) is 4.41. The molecular weight excluding hydrogens is 295 g/mol. The highest BCUT2D eigenvalue weighted by molar-refractivity contribution is 5.98. The van der Waals surface area contributed by atoms with Gasteiger partial charge in [-0.25, -0.2) is 4.98 Å². The third-order valence-electron chi connectivity index (χ3n) is 3.46. The van der Waals surface area contributed by atoms with Crippen LogP contribution in [0.25, 0.3) is 0 Å². The maximum absolute atomic E-state index is 12.6. The summed E-state index contributed by atoms with van der Waals surface area (Å²) in [5, 5.41) is 0. The lowest BCUT2D eigenvalue weighted by Gasteiger charge is -2.15. The molecule has 6 heteroatoms. The SMILES string of the molecule is O=C1CCCc2cc(Oc3cccc(C(F)(F)F)n3)ccc21. The number of pyridine rings is 1. The Morgan fingerprint density at radius 3 is 2.68 bits per heavy atom. The first-order valence-electron chi connectivity index (χ1n) is 6.82. The second kappa shape index (κ2) is 5.44. The Hall–Kier alpha value is -2.37. The van der Waals surface area contributed by atoms with E-state index >= 15 is 0 Å². The van der Waals surface area contributed by atoms with E-state index in [9.17, 15) is 18.0 Å². The number of aryl methyl sites for hydroxylation is 1. The number of ether oxygens (including phenoxy) is 1. The van der Waals surface area contributed by atoms with Gasteiger partial charge >= 0.3 is 6.18 Å². The van der Waals surface area contributed by atoms with Crippen LogP contribution in [0.3, 0.4) is 0 Å². The number of hydrogen-bond acceptors (Lipinski definition) is 3. The van der Waals surface area contributed by atoms with Crippen LogP contribution >= 0.6 is 0 Å². The molecule has 0 saturated heterocycles. The van der Waals surface area contributed by atoms with Crippen molar-refractivity contribution in [2.24, 2.45) is 0 Å². The number of carbonyl (C=O) groups excluding carboxylic acids is 1. The van der Waals surface area contributed by atoms with E-state index in [2.05, 4.69) is 4.98 Å². The van der Waals surface area contributed by atoms with Crippen molar-refractivity contribution in [1.82, 2.24) is 4.98 Å². The van der Waals surface area contributed by atoms with Gasteiger partial charge in [0.25, 0.3) is 0 Å². The van der Waals surface area contributed by atoms with Gasteiger partial charge in [-0.3, -0.25) is 4.79 Å². The Labute approximate surface area is 124 Å². The summed E-state index contributed by atoms with van der Waals surface area (Å²) in [4.78, 5) is 15.2. The van der Waals surface area contributed by atoms with Gasteiger partial charge in [-0.2, -0.15) is 13.2 Å². The van der Waals surface area contributed by atoms with Crippen molar-refractivity contribution in [2.45, 2.75) is 25.4 Å². The molecule has 22 heavy (non-hydrogen) atoms. The number of hydrogen-bond donors (Lipinski definition) is 0. The zero-order chi connectivity index (χ0) is 15.7. The summed E-state index contributed by atoms with van der Waals surface area (Å²) in [5.41, 5.74) is 0.523. The van der Waals surface area contributed by atoms with Crippen LogP contribution in [0.5, 0.6) is 11.6 Å². The minimum atomic E-state index is -4.51. The highest BCUT2D eigenvalue weighted by Gasteiger charge is 2.32. The third-order valence-corrected chi connectivity index (χ3v) is 3.46. The Morgan fingerprint density at radius 1 is 1.09 bits per heavy atom. The van der Waals surface area contributed by atoms with Gasteiger partial charge in [0.2, 0.25) is 5.88 Å². The van der Waals surface area contributed by atoms with E-state index in [4.69, 9.17) is 4.74 Å². The predicted molar refractivity (Wildman–Crippen MR) is 73.0 cm³/mol. The van der Waals surface area contributed by atoms with E-state index in [0.29, 0.717) is 17.7 Å². The summed E-state index contributed by atoms with van der Waals surface area (Å²) in [5.74, 6) is 0.335. The largest absolute Gasteiger partial charge is 0.439 e. The molecule has 3 nitrogen and oxygen atoms in total. The number of fused-ring (bicyclic) bond motifs is 1. The highest BCUT2D eigenvalue weighted by atomic mass is 19.4. The minimum absolute atomic E-state index is 0.0880. The molecule has 1 aromatic carbocycles. The summed E-state index contributed by atoms with van der Waals surface area (Å²) in [6.07, 6.45) is -2.45. The molecule has 1 heterocycles. The van der Waals surface area contributed by atoms with Crippen molar-refractivity contribution in [3.05, 3.63) is 53.2 Å². The number of ketones is 1. The van der Waals surface area contributed by atoms with Gasteiger partial charge in [-0.1, -0.05) is 6.07 Å². The van der Waals surface area contributed by atoms with Crippen molar-refractivity contribution in [2.75, 3.05) is 0 Å². The molecule has 1 aromatic heterocycles. The molecular formula is C16H12F3NO2. The first kappa shape index (κ1) is 14.6. The number of nitrogens with zero attached hydrogens (tertiary/aromatic N) is 1. The van der Waals surface area contributed by atoms with Crippen LogP contribution in [0.15, 0.2) is 36.4 Å². The number of alkyl halides is 3. The number of aromatic nitrogens is 1. The van der Waals surface area contributed by atoms with Crippen molar-refractivity contribution in [1.29, 1.82) is 0 Å². The van der Waals surface area contributed by atoms with E-state index in [0.717, 1.165) is 24.5 Å². The first-order chi connectivity index (χ1) is 10.4. The van der Waals surface area contributed by atoms with Crippen molar-refractivity contribution in [3.63, 3.8) is 0 Å². The molecule has 0 fully saturated rings. The third kappa shape index (κ3) is 2.95. The minimum Gasteiger partial charge on any atom is -0.439 e. The normalized spacial score (nSPS) is 14.6. The van der Waals surface area contributed by atoms with Gasteiger partial charge in [0.05, 0.1) is 0 Å². The Kier molecular flexibility index (Phi) is 3.60. The first-order valence-corrected chi connectivity index (χ1v) is 6.82. The average Bonchev–Trinajstić information content (AvgIpc) is 2.47. The molecule has 114 valence electrons. The van der Waals surface area contributed by atoms with Crippen LogP contribution < -0.4 is 4.74 Å². The van der Waals surface area contributed by atoms with Crippen LogP contribution in [0, 0.1) is 0 Å². The molecule has 0 amide bonds. The fraction of sp³-hybridized carbons (Fsp3) is 0.250. The Morgan fingerprint density at radius 2 is 1.91 bits per heavy atom. The lowest BCUT2D eigenvalue weighted by atomic mass is 9.91. The number of Topliss-reactive ketones (excluding diaryl/α,β-unsaturated/α-hetero) is 1. The standard InChI is InChI=1S/C16H12F3NO2/c17-16(18,19)14-5-2-6-15(20-14)22-11-7-8-12-10(9-11)3-1-4-13(12)21/h2,5-9H,1,3-4H2. The zero-order valence-electron chi connectivity index (χ0n) is 11.5. The van der Waals surface area contributed by atoms with Crippen molar-refractivity contribution < 1.29 is 22.7 Å². The van der Waals surface area contributed by atoms with Gasteiger partial charge in [-0.15, -0.1) is 0 Å². The van der Waals surface area contributed by atoms with E-state index in [-0.39, 0.29) is 11.7 Å². The smallest absolute Gasteiger partial charge is 0.433 e. The molecule has 1 aliphatic carbocycles. The topological polar surface area (TPSA) is 39.2 Å². The maximum atomic E-state index is 12.6. The van der Waals surface area contributed by atoms with Crippen LogP contribution in [-0.4, -0.2) is 10.8 Å². The summed E-state index contributed by atoms with van der Waals surface area (Å²) < 4.78 is 43.3. The molecule has 0 bridgehead atoms. The summed E-state index contributed by atoms with van der Waals surface area (Å²) in [6.45, 7) is 0. The highest BCUT2D eigenvalue weighted by Crippen LogP contribution is 2.31. The van der Waals surface area contributed by atoms with Crippen LogP contribution in [0.1, 0.15) is 34.5 Å². The Balaban J connectivity index is 1.86. The van der Waals surface area contributed by atoms with Crippen molar-refractivity contribution >= 4 is 5.78 Å². The zero-order valence-corrected chi connectivity index (χ0v) is 11.5. The Bertz CT molecular complexity index is 726. The van der Waals surface area contributed by atoms with Gasteiger partial charge in [0, 0.05) is 18.1 Å². The average molecular weight is 307 g/mol. The van der Waals surface area contributed by atoms with Gasteiger partial charge < -0.3 is 4.74 Å². The molecule has 2 aromatic rings. The van der Waals surface area contributed by atoms with E-state index in [1.54, 1.807) is 18.2 Å². The van der Waals surface area contributed by atoms with Crippen LogP contribution in [-0.2, 0) is 12.6 Å².